The van der Waals surface area contributed by atoms with E-state index < -0.39 is 0 Å². The van der Waals surface area contributed by atoms with E-state index in [2.05, 4.69) is 0 Å². The van der Waals surface area contributed by atoms with Gasteiger partial charge in [-0.3, -0.25) is 9.69 Å². The SMILES string of the molecule is CC1CN(C(=O)C(C)N(C)Cc2ccccc2Cl)CC(C)O1. The summed E-state index contributed by atoms with van der Waals surface area (Å²) in [6, 6.07) is 7.56. The molecule has 1 aromatic rings. The van der Waals surface area contributed by atoms with Crippen molar-refractivity contribution in [2.75, 3.05) is 20.1 Å². The number of nitrogens with zero attached hydrogens (tertiary/aromatic N) is 2. The topological polar surface area (TPSA) is 32.8 Å². The van der Waals surface area contributed by atoms with Crippen molar-refractivity contribution in [2.45, 2.75) is 45.6 Å². The minimum Gasteiger partial charge on any atom is -0.372 e. The van der Waals surface area contributed by atoms with Gasteiger partial charge in [0.05, 0.1) is 18.2 Å². The van der Waals surface area contributed by atoms with Gasteiger partial charge in [0.25, 0.3) is 0 Å². The van der Waals surface area contributed by atoms with Crippen LogP contribution in [0.2, 0.25) is 5.02 Å². The van der Waals surface area contributed by atoms with Crippen molar-refractivity contribution in [1.29, 1.82) is 0 Å². The van der Waals surface area contributed by atoms with E-state index in [-0.39, 0.29) is 24.2 Å². The summed E-state index contributed by atoms with van der Waals surface area (Å²) in [7, 11) is 1.96. The molecule has 122 valence electrons. The highest BCUT2D eigenvalue weighted by molar-refractivity contribution is 6.31. The standard InChI is InChI=1S/C17H25ClN2O2/c1-12-9-20(10-13(2)22-12)17(21)14(3)19(4)11-15-7-5-6-8-16(15)18/h5-8,12-14H,9-11H2,1-4H3. The molecule has 0 spiro atoms. The summed E-state index contributed by atoms with van der Waals surface area (Å²) in [4.78, 5) is 16.6. The summed E-state index contributed by atoms with van der Waals surface area (Å²) in [6.45, 7) is 7.94. The molecule has 1 heterocycles. The van der Waals surface area contributed by atoms with Crippen molar-refractivity contribution in [3.05, 3.63) is 34.9 Å². The van der Waals surface area contributed by atoms with Crippen LogP contribution < -0.4 is 0 Å². The van der Waals surface area contributed by atoms with Crippen LogP contribution in [0.25, 0.3) is 0 Å². The Morgan fingerprint density at radius 1 is 1.36 bits per heavy atom. The van der Waals surface area contributed by atoms with Crippen molar-refractivity contribution >= 4 is 17.5 Å². The van der Waals surface area contributed by atoms with Crippen LogP contribution in [0, 0.1) is 0 Å². The normalized spacial score (nSPS) is 23.6. The van der Waals surface area contributed by atoms with Crippen LogP contribution in [0.4, 0.5) is 0 Å². The van der Waals surface area contributed by atoms with Gasteiger partial charge in [0.2, 0.25) is 5.91 Å². The van der Waals surface area contributed by atoms with E-state index >= 15 is 0 Å². The fourth-order valence-corrected chi connectivity index (χ4v) is 3.04. The lowest BCUT2D eigenvalue weighted by Gasteiger charge is -2.38. The molecule has 0 radical (unpaired) electrons. The molecule has 4 nitrogen and oxygen atoms in total. The molecule has 0 aromatic heterocycles. The molecule has 3 atom stereocenters. The Balaban J connectivity index is 1.99. The summed E-state index contributed by atoms with van der Waals surface area (Å²) in [6.07, 6.45) is 0.183. The number of morpholine rings is 1. The minimum absolute atomic E-state index is 0.0915. The van der Waals surface area contributed by atoms with Crippen LogP contribution in [0.1, 0.15) is 26.3 Å². The lowest BCUT2D eigenvalue weighted by molar-refractivity contribution is -0.147. The highest BCUT2D eigenvalue weighted by atomic mass is 35.5. The molecule has 5 heteroatoms. The number of likely N-dealkylation sites (N-methyl/N-ethyl adjacent to an activating group) is 1. The second kappa shape index (κ2) is 7.44. The van der Waals surface area contributed by atoms with Crippen molar-refractivity contribution < 1.29 is 9.53 Å². The van der Waals surface area contributed by atoms with Crippen molar-refractivity contribution in [3.63, 3.8) is 0 Å². The first-order chi connectivity index (χ1) is 10.4. The third-order valence-electron chi connectivity index (χ3n) is 4.13. The smallest absolute Gasteiger partial charge is 0.239 e. The van der Waals surface area contributed by atoms with E-state index in [1.807, 2.05) is 61.9 Å². The maximum atomic E-state index is 12.7. The predicted octanol–water partition coefficient (Wildman–Crippen LogP) is 2.80. The number of halogens is 1. The van der Waals surface area contributed by atoms with Crippen LogP contribution in [0.3, 0.4) is 0 Å². The molecule has 0 saturated carbocycles. The van der Waals surface area contributed by atoms with Crippen molar-refractivity contribution in [1.82, 2.24) is 9.80 Å². The number of ether oxygens (including phenoxy) is 1. The summed E-state index contributed by atoms with van der Waals surface area (Å²) < 4.78 is 5.69. The molecular weight excluding hydrogens is 300 g/mol. The van der Waals surface area contributed by atoms with Gasteiger partial charge in [0.1, 0.15) is 0 Å². The highest BCUT2D eigenvalue weighted by Gasteiger charge is 2.30. The molecule has 2 rings (SSSR count). The van der Waals surface area contributed by atoms with Crippen LogP contribution in [0.15, 0.2) is 24.3 Å². The highest BCUT2D eigenvalue weighted by Crippen LogP contribution is 2.19. The van der Waals surface area contributed by atoms with E-state index in [9.17, 15) is 4.79 Å². The lowest BCUT2D eigenvalue weighted by Crippen LogP contribution is -2.53. The number of rotatable bonds is 4. The average Bonchev–Trinajstić information content (AvgIpc) is 2.47. The van der Waals surface area contributed by atoms with E-state index in [1.165, 1.54) is 0 Å². The summed E-state index contributed by atoms with van der Waals surface area (Å²) >= 11 is 6.20. The van der Waals surface area contributed by atoms with Crippen LogP contribution >= 0.6 is 11.6 Å². The first kappa shape index (κ1) is 17.3. The number of carbonyl (C=O) groups excluding carboxylic acids is 1. The van der Waals surface area contributed by atoms with Gasteiger partial charge in [-0.2, -0.15) is 0 Å². The Kier molecular flexibility index (Phi) is 5.84. The third kappa shape index (κ3) is 4.22. The first-order valence-electron chi connectivity index (χ1n) is 7.76. The Morgan fingerprint density at radius 3 is 2.55 bits per heavy atom. The Morgan fingerprint density at radius 2 is 1.95 bits per heavy atom. The Hall–Kier alpha value is -1.10. The maximum Gasteiger partial charge on any atom is 0.239 e. The summed E-state index contributed by atoms with van der Waals surface area (Å²) in [5, 5.41) is 0.739. The predicted molar refractivity (Wildman–Crippen MR) is 89.0 cm³/mol. The molecule has 22 heavy (non-hydrogen) atoms. The van der Waals surface area contributed by atoms with E-state index in [0.29, 0.717) is 19.6 Å². The van der Waals surface area contributed by atoms with Gasteiger partial charge in [0.15, 0.2) is 0 Å². The molecule has 1 aliphatic heterocycles. The molecule has 1 saturated heterocycles. The third-order valence-corrected chi connectivity index (χ3v) is 4.50. The van der Waals surface area contributed by atoms with E-state index in [0.717, 1.165) is 10.6 Å². The van der Waals surface area contributed by atoms with Gasteiger partial charge in [-0.05, 0) is 39.4 Å². The van der Waals surface area contributed by atoms with Gasteiger partial charge in [0, 0.05) is 24.7 Å². The van der Waals surface area contributed by atoms with Gasteiger partial charge in [-0.15, -0.1) is 0 Å². The zero-order valence-corrected chi connectivity index (χ0v) is 14.5. The van der Waals surface area contributed by atoms with Gasteiger partial charge >= 0.3 is 0 Å². The molecule has 0 bridgehead atoms. The first-order valence-corrected chi connectivity index (χ1v) is 8.14. The molecule has 1 amide bonds. The number of hydrogen-bond donors (Lipinski definition) is 0. The zero-order chi connectivity index (χ0) is 16.3. The monoisotopic (exact) mass is 324 g/mol. The molecule has 3 unspecified atom stereocenters. The average molecular weight is 325 g/mol. The minimum atomic E-state index is -0.186. The zero-order valence-electron chi connectivity index (χ0n) is 13.8. The quantitative estimate of drug-likeness (QED) is 0.854. The van der Waals surface area contributed by atoms with Crippen LogP contribution in [-0.4, -0.2) is 54.1 Å². The number of amides is 1. The second-order valence-corrected chi connectivity index (χ2v) is 6.59. The van der Waals surface area contributed by atoms with Gasteiger partial charge < -0.3 is 9.64 Å². The summed E-state index contributed by atoms with van der Waals surface area (Å²) in [5.41, 5.74) is 1.04. The second-order valence-electron chi connectivity index (χ2n) is 6.18. The van der Waals surface area contributed by atoms with Crippen LogP contribution in [-0.2, 0) is 16.1 Å². The largest absolute Gasteiger partial charge is 0.372 e. The Labute approximate surface area is 138 Å². The van der Waals surface area contributed by atoms with E-state index in [4.69, 9.17) is 16.3 Å². The molecule has 0 aliphatic carbocycles. The number of hydrogen-bond acceptors (Lipinski definition) is 3. The number of carbonyl (C=O) groups is 1. The summed E-state index contributed by atoms with van der Waals surface area (Å²) in [5.74, 6) is 0.150. The lowest BCUT2D eigenvalue weighted by atomic mass is 10.1. The van der Waals surface area contributed by atoms with Crippen molar-refractivity contribution in [3.8, 4) is 0 Å². The maximum absolute atomic E-state index is 12.7. The molecule has 1 aromatic carbocycles. The van der Waals surface area contributed by atoms with Gasteiger partial charge in [-0.1, -0.05) is 29.8 Å². The molecule has 0 N–H and O–H groups in total. The number of benzene rings is 1. The van der Waals surface area contributed by atoms with Crippen molar-refractivity contribution in [2.24, 2.45) is 0 Å². The fraction of sp³-hybridized carbons (Fsp3) is 0.588. The molecule has 1 aliphatic rings. The van der Waals surface area contributed by atoms with Crippen LogP contribution in [0.5, 0.6) is 0 Å². The van der Waals surface area contributed by atoms with E-state index in [1.54, 1.807) is 0 Å². The molecular formula is C17H25ClN2O2. The fourth-order valence-electron chi connectivity index (χ4n) is 2.84. The van der Waals surface area contributed by atoms with Gasteiger partial charge in [-0.25, -0.2) is 0 Å². The Bertz CT molecular complexity index is 513. The molecule has 1 fully saturated rings.